The molecule has 1 fully saturated rings. The molecule has 1 amide bonds. The number of benzene rings is 2. The molecule has 0 radical (unpaired) electrons. The van der Waals surface area contributed by atoms with Crippen molar-refractivity contribution in [3.05, 3.63) is 59.9 Å². The van der Waals surface area contributed by atoms with Crippen molar-refractivity contribution >= 4 is 34.3 Å². The highest BCUT2D eigenvalue weighted by Crippen LogP contribution is 2.33. The van der Waals surface area contributed by atoms with E-state index in [4.69, 9.17) is 14.7 Å². The van der Waals surface area contributed by atoms with E-state index in [1.165, 1.54) is 17.3 Å². The molecule has 6 nitrogen and oxygen atoms in total. The van der Waals surface area contributed by atoms with Crippen LogP contribution in [-0.2, 0) is 22.5 Å². The summed E-state index contributed by atoms with van der Waals surface area (Å²) in [6.45, 7) is 6.70. The van der Waals surface area contributed by atoms with E-state index in [9.17, 15) is 4.79 Å². The van der Waals surface area contributed by atoms with Crippen molar-refractivity contribution in [3.8, 4) is 0 Å². The van der Waals surface area contributed by atoms with Gasteiger partial charge in [-0.2, -0.15) is 0 Å². The lowest BCUT2D eigenvalue weighted by molar-refractivity contribution is -0.117. The van der Waals surface area contributed by atoms with Crippen LogP contribution in [0.1, 0.15) is 18.3 Å². The summed E-state index contributed by atoms with van der Waals surface area (Å²) in [5.41, 5.74) is 3.21. The van der Waals surface area contributed by atoms with Gasteiger partial charge in [-0.3, -0.25) is 9.69 Å². The third-order valence-electron chi connectivity index (χ3n) is 5.87. The Morgan fingerprint density at radius 3 is 2.71 bits per heavy atom. The number of carbonyl (C=O) groups excluding carboxylic acids is 1. The van der Waals surface area contributed by atoms with Crippen LogP contribution in [-0.4, -0.2) is 58.9 Å². The number of rotatable bonds is 5. The minimum atomic E-state index is -0.235. The molecule has 7 heteroatoms. The van der Waals surface area contributed by atoms with E-state index in [0.717, 1.165) is 66.7 Å². The van der Waals surface area contributed by atoms with Crippen molar-refractivity contribution in [2.75, 3.05) is 37.7 Å². The summed E-state index contributed by atoms with van der Waals surface area (Å²) < 4.78 is 5.46. The first-order valence-corrected chi connectivity index (χ1v) is 11.7. The molecule has 160 valence electrons. The van der Waals surface area contributed by atoms with Crippen molar-refractivity contribution < 1.29 is 9.53 Å². The smallest absolute Gasteiger partial charge is 0.240 e. The van der Waals surface area contributed by atoms with Crippen molar-refractivity contribution in [1.82, 2.24) is 14.9 Å². The molecule has 3 aromatic rings. The Labute approximate surface area is 186 Å². The fourth-order valence-corrected chi connectivity index (χ4v) is 5.24. The fraction of sp³-hybridized carbons (Fsp3) is 0.375. The summed E-state index contributed by atoms with van der Waals surface area (Å²) in [7, 11) is 0. The number of amides is 1. The quantitative estimate of drug-likeness (QED) is 0.452. The summed E-state index contributed by atoms with van der Waals surface area (Å²) in [6.07, 6.45) is 0.916. The first-order chi connectivity index (χ1) is 15.2. The van der Waals surface area contributed by atoms with Gasteiger partial charge in [-0.1, -0.05) is 48.2 Å². The Balaban J connectivity index is 1.39. The molecule has 2 aliphatic rings. The molecule has 1 saturated heterocycles. The van der Waals surface area contributed by atoms with E-state index in [1.54, 1.807) is 0 Å². The lowest BCUT2D eigenvalue weighted by Gasteiger charge is -2.26. The molecule has 31 heavy (non-hydrogen) atoms. The number of morpholine rings is 1. The highest BCUT2D eigenvalue weighted by molar-refractivity contribution is 8.00. The number of aromatic nitrogens is 2. The van der Waals surface area contributed by atoms with Gasteiger partial charge in [-0.15, -0.1) is 0 Å². The van der Waals surface area contributed by atoms with Crippen LogP contribution in [0.5, 0.6) is 0 Å². The van der Waals surface area contributed by atoms with Crippen LogP contribution in [0.4, 0.5) is 5.69 Å². The maximum atomic E-state index is 13.3. The van der Waals surface area contributed by atoms with E-state index in [-0.39, 0.29) is 11.2 Å². The molecular weight excluding hydrogens is 408 g/mol. The molecule has 0 saturated carbocycles. The van der Waals surface area contributed by atoms with E-state index in [0.29, 0.717) is 6.54 Å². The average molecular weight is 435 g/mol. The number of carbonyl (C=O) groups is 1. The van der Waals surface area contributed by atoms with Gasteiger partial charge in [0.1, 0.15) is 10.9 Å². The van der Waals surface area contributed by atoms with Crippen LogP contribution >= 0.6 is 11.8 Å². The minimum Gasteiger partial charge on any atom is -0.379 e. The van der Waals surface area contributed by atoms with Crippen LogP contribution in [0.2, 0.25) is 0 Å². The average Bonchev–Trinajstić information content (AvgIpc) is 3.23. The Morgan fingerprint density at radius 1 is 1.06 bits per heavy atom. The van der Waals surface area contributed by atoms with Gasteiger partial charge in [-0.25, -0.2) is 9.97 Å². The predicted molar refractivity (Wildman–Crippen MR) is 123 cm³/mol. The molecule has 0 bridgehead atoms. The van der Waals surface area contributed by atoms with Gasteiger partial charge in [0.15, 0.2) is 0 Å². The standard InChI is InChI=1S/C24H26N4O2S/c1-17(24(29)28-11-10-18-6-2-5-9-21(18)28)31-23-19-7-3-4-8-20(19)25-22(26-23)16-27-12-14-30-15-13-27/h2-9,17H,10-16H2,1H3. The fourth-order valence-electron chi connectivity index (χ4n) is 4.22. The Morgan fingerprint density at radius 2 is 1.84 bits per heavy atom. The number of thioether (sulfide) groups is 1. The van der Waals surface area contributed by atoms with Gasteiger partial charge in [-0.05, 0) is 31.0 Å². The van der Waals surface area contributed by atoms with Crippen LogP contribution < -0.4 is 4.90 Å². The molecule has 5 rings (SSSR count). The summed E-state index contributed by atoms with van der Waals surface area (Å²) in [5, 5.41) is 1.64. The summed E-state index contributed by atoms with van der Waals surface area (Å²) >= 11 is 1.53. The second-order valence-electron chi connectivity index (χ2n) is 7.98. The zero-order chi connectivity index (χ0) is 21.2. The number of fused-ring (bicyclic) bond motifs is 2. The second-order valence-corrected chi connectivity index (χ2v) is 9.31. The molecular formula is C24H26N4O2S. The van der Waals surface area contributed by atoms with Gasteiger partial charge in [0.05, 0.1) is 30.5 Å². The largest absolute Gasteiger partial charge is 0.379 e. The molecule has 1 atom stereocenters. The zero-order valence-electron chi connectivity index (χ0n) is 17.7. The van der Waals surface area contributed by atoms with E-state index < -0.39 is 0 Å². The summed E-state index contributed by atoms with van der Waals surface area (Å²) in [5.74, 6) is 0.932. The summed E-state index contributed by atoms with van der Waals surface area (Å²) in [4.78, 5) is 27.2. The topological polar surface area (TPSA) is 58.6 Å². The Bertz CT molecular complexity index is 1100. The monoisotopic (exact) mass is 434 g/mol. The molecule has 1 unspecified atom stereocenters. The molecule has 2 aromatic carbocycles. The molecule has 0 spiro atoms. The Hall–Kier alpha value is -2.48. The Kier molecular flexibility index (Phi) is 5.89. The van der Waals surface area contributed by atoms with Crippen molar-refractivity contribution in [1.29, 1.82) is 0 Å². The second kappa shape index (κ2) is 8.94. The van der Waals surface area contributed by atoms with Gasteiger partial charge in [0.25, 0.3) is 0 Å². The van der Waals surface area contributed by atoms with Gasteiger partial charge in [0.2, 0.25) is 5.91 Å². The van der Waals surface area contributed by atoms with Gasteiger partial charge in [0, 0.05) is 30.7 Å². The highest BCUT2D eigenvalue weighted by atomic mass is 32.2. The lowest BCUT2D eigenvalue weighted by atomic mass is 10.2. The maximum absolute atomic E-state index is 13.3. The zero-order valence-corrected chi connectivity index (χ0v) is 18.5. The molecule has 1 aromatic heterocycles. The molecule has 0 N–H and O–H groups in total. The number of ether oxygens (including phenoxy) is 1. The number of para-hydroxylation sites is 2. The number of hydrogen-bond donors (Lipinski definition) is 0. The van der Waals surface area contributed by atoms with E-state index in [2.05, 4.69) is 11.0 Å². The van der Waals surface area contributed by atoms with Crippen molar-refractivity contribution in [2.45, 2.75) is 30.2 Å². The van der Waals surface area contributed by atoms with Crippen LogP contribution in [0.3, 0.4) is 0 Å². The molecule has 3 heterocycles. The number of nitrogens with zero attached hydrogens (tertiary/aromatic N) is 4. The predicted octanol–water partition coefficient (Wildman–Crippen LogP) is 3.53. The van der Waals surface area contributed by atoms with Gasteiger partial charge < -0.3 is 9.64 Å². The lowest BCUT2D eigenvalue weighted by Crippen LogP contribution is -2.36. The third kappa shape index (κ3) is 4.31. The van der Waals surface area contributed by atoms with Crippen LogP contribution in [0, 0.1) is 0 Å². The van der Waals surface area contributed by atoms with Crippen LogP contribution in [0.25, 0.3) is 10.9 Å². The first-order valence-electron chi connectivity index (χ1n) is 10.8. The summed E-state index contributed by atoms with van der Waals surface area (Å²) in [6, 6.07) is 16.2. The number of hydrogen-bond acceptors (Lipinski definition) is 6. The van der Waals surface area contributed by atoms with Gasteiger partial charge >= 0.3 is 0 Å². The van der Waals surface area contributed by atoms with Crippen LogP contribution in [0.15, 0.2) is 53.6 Å². The van der Waals surface area contributed by atoms with Crippen molar-refractivity contribution in [3.63, 3.8) is 0 Å². The number of anilines is 1. The third-order valence-corrected chi connectivity index (χ3v) is 6.96. The molecule has 0 aliphatic carbocycles. The maximum Gasteiger partial charge on any atom is 0.240 e. The van der Waals surface area contributed by atoms with E-state index in [1.807, 2.05) is 54.3 Å². The van der Waals surface area contributed by atoms with E-state index >= 15 is 0 Å². The van der Waals surface area contributed by atoms with Crippen molar-refractivity contribution in [2.24, 2.45) is 0 Å². The SMILES string of the molecule is CC(Sc1nc(CN2CCOCC2)nc2ccccc12)C(=O)N1CCc2ccccc21. The highest BCUT2D eigenvalue weighted by Gasteiger charge is 2.29. The minimum absolute atomic E-state index is 0.132. The normalized spacial score (nSPS) is 17.6. The first kappa shape index (κ1) is 20.4. The molecule has 2 aliphatic heterocycles.